The number of nitrogens with zero attached hydrogens (tertiary/aromatic N) is 1. The number of ether oxygens (including phenoxy) is 2. The summed E-state index contributed by atoms with van der Waals surface area (Å²) in [7, 11) is 3.11. The Balaban J connectivity index is 2.07. The summed E-state index contributed by atoms with van der Waals surface area (Å²) in [6.45, 7) is 4.36. The molecule has 0 fully saturated rings. The highest BCUT2D eigenvalue weighted by Gasteiger charge is 2.43. The molecule has 0 spiro atoms. The van der Waals surface area contributed by atoms with E-state index in [1.165, 1.54) is 4.90 Å². The Hall–Kier alpha value is -3.12. The van der Waals surface area contributed by atoms with E-state index in [1.54, 1.807) is 32.4 Å². The van der Waals surface area contributed by atoms with Gasteiger partial charge in [0.2, 0.25) is 0 Å². The van der Waals surface area contributed by atoms with Crippen LogP contribution in [0.25, 0.3) is 0 Å². The van der Waals surface area contributed by atoms with Crippen molar-refractivity contribution < 1.29 is 24.2 Å². The zero-order valence-corrected chi connectivity index (χ0v) is 17.1. The number of aryl methyl sites for hydroxylation is 2. The van der Waals surface area contributed by atoms with Crippen LogP contribution in [0.4, 0.5) is 0 Å². The second kappa shape index (κ2) is 8.49. The number of aliphatic hydroxyl groups is 1. The normalized spacial score (nSPS) is 16.5. The van der Waals surface area contributed by atoms with Crippen molar-refractivity contribution in [2.75, 3.05) is 27.4 Å². The molecule has 0 saturated heterocycles. The number of benzene rings is 2. The third-order valence-electron chi connectivity index (χ3n) is 5.13. The van der Waals surface area contributed by atoms with Gasteiger partial charge < -0.3 is 19.5 Å². The number of carbonyl (C=O) groups excluding carboxylic acids is 2. The van der Waals surface area contributed by atoms with Gasteiger partial charge >= 0.3 is 0 Å². The minimum Gasteiger partial charge on any atom is -0.503 e. The topological polar surface area (TPSA) is 76.1 Å². The van der Waals surface area contributed by atoms with Crippen LogP contribution >= 0.6 is 0 Å². The molecule has 3 rings (SSSR count). The highest BCUT2D eigenvalue weighted by Crippen LogP contribution is 2.39. The molecule has 152 valence electrons. The molecule has 29 heavy (non-hydrogen) atoms. The van der Waals surface area contributed by atoms with E-state index < -0.39 is 17.7 Å². The Morgan fingerprint density at radius 2 is 1.79 bits per heavy atom. The van der Waals surface area contributed by atoms with Crippen LogP contribution in [0.15, 0.2) is 53.8 Å². The number of aliphatic hydroxyl groups excluding tert-OH is 1. The Labute approximate surface area is 170 Å². The van der Waals surface area contributed by atoms with E-state index in [2.05, 4.69) is 0 Å². The maximum Gasteiger partial charge on any atom is 0.290 e. The molecular formula is C23H25NO5. The largest absolute Gasteiger partial charge is 0.503 e. The number of hydrogen-bond donors (Lipinski definition) is 1. The number of carbonyl (C=O) groups is 2. The lowest BCUT2D eigenvalue weighted by atomic mass is 9.92. The van der Waals surface area contributed by atoms with Gasteiger partial charge in [-0.1, -0.05) is 29.8 Å². The van der Waals surface area contributed by atoms with Crippen molar-refractivity contribution in [2.24, 2.45) is 0 Å². The average molecular weight is 395 g/mol. The van der Waals surface area contributed by atoms with Gasteiger partial charge in [-0.05, 0) is 43.2 Å². The number of Topliss-reactive ketones (excluding diaryl/α,β-unsaturated/α-hetero) is 1. The summed E-state index contributed by atoms with van der Waals surface area (Å²) in [5, 5.41) is 10.6. The van der Waals surface area contributed by atoms with Crippen molar-refractivity contribution >= 4 is 11.7 Å². The third-order valence-corrected chi connectivity index (χ3v) is 5.13. The highest BCUT2D eigenvalue weighted by atomic mass is 16.5. The number of ketones is 1. The van der Waals surface area contributed by atoms with Crippen LogP contribution in [0.2, 0.25) is 0 Å². The van der Waals surface area contributed by atoms with E-state index in [0.29, 0.717) is 17.9 Å². The first-order valence-electron chi connectivity index (χ1n) is 9.38. The number of hydrogen-bond acceptors (Lipinski definition) is 5. The molecule has 1 heterocycles. The predicted octanol–water partition coefficient (Wildman–Crippen LogP) is 3.54. The summed E-state index contributed by atoms with van der Waals surface area (Å²) in [4.78, 5) is 27.6. The van der Waals surface area contributed by atoms with Crippen LogP contribution in [0.3, 0.4) is 0 Å². The van der Waals surface area contributed by atoms with Crippen LogP contribution in [-0.4, -0.2) is 49.1 Å². The number of rotatable bonds is 7. The lowest BCUT2D eigenvalue weighted by molar-refractivity contribution is -0.130. The first-order chi connectivity index (χ1) is 13.9. The van der Waals surface area contributed by atoms with Crippen LogP contribution in [0.5, 0.6) is 5.75 Å². The quantitative estimate of drug-likeness (QED) is 0.726. The molecule has 1 atom stereocenters. The van der Waals surface area contributed by atoms with Gasteiger partial charge in [0.05, 0.1) is 25.3 Å². The van der Waals surface area contributed by atoms with E-state index in [1.807, 2.05) is 38.1 Å². The summed E-state index contributed by atoms with van der Waals surface area (Å²) in [5.41, 5.74) is 3.10. The van der Waals surface area contributed by atoms with Crippen LogP contribution in [0.1, 0.15) is 33.1 Å². The van der Waals surface area contributed by atoms with Crippen LogP contribution in [0, 0.1) is 13.8 Å². The van der Waals surface area contributed by atoms with E-state index >= 15 is 0 Å². The van der Waals surface area contributed by atoms with Gasteiger partial charge in [-0.3, -0.25) is 9.59 Å². The SMILES string of the molecule is COCCN1C(=O)C(O)=C(C(=O)c2ccc(OC)c(C)c2)C1c1ccc(C)cc1. The first kappa shape index (κ1) is 20.6. The average Bonchev–Trinajstić information content (AvgIpc) is 2.96. The molecule has 6 heteroatoms. The lowest BCUT2D eigenvalue weighted by Crippen LogP contribution is -2.34. The molecule has 1 unspecified atom stereocenters. The van der Waals surface area contributed by atoms with Crippen molar-refractivity contribution in [3.63, 3.8) is 0 Å². The molecule has 1 aliphatic rings. The second-order valence-electron chi connectivity index (χ2n) is 7.08. The highest BCUT2D eigenvalue weighted by molar-refractivity contribution is 6.16. The standard InChI is InChI=1S/C23H25NO5/c1-14-5-7-16(8-6-14)20-19(22(26)23(27)24(20)11-12-28-3)21(25)17-9-10-18(29-4)15(2)13-17/h5-10,13,20,26H,11-12H2,1-4H3. The zero-order chi connectivity index (χ0) is 21.1. The van der Waals surface area contributed by atoms with Gasteiger partial charge in [0, 0.05) is 19.2 Å². The molecule has 0 bridgehead atoms. The molecular weight excluding hydrogens is 370 g/mol. The third kappa shape index (κ3) is 3.89. The zero-order valence-electron chi connectivity index (χ0n) is 17.1. The smallest absolute Gasteiger partial charge is 0.290 e. The summed E-state index contributed by atoms with van der Waals surface area (Å²) in [6, 6.07) is 12.0. The Bertz CT molecular complexity index is 962. The molecule has 2 aromatic rings. The summed E-state index contributed by atoms with van der Waals surface area (Å²) < 4.78 is 10.4. The minimum atomic E-state index is -0.673. The molecule has 0 aromatic heterocycles. The fourth-order valence-corrected chi connectivity index (χ4v) is 3.58. The Morgan fingerprint density at radius 3 is 2.38 bits per heavy atom. The van der Waals surface area contributed by atoms with Gasteiger partial charge in [-0.25, -0.2) is 0 Å². The summed E-state index contributed by atoms with van der Waals surface area (Å²) in [5.74, 6) is -0.794. The summed E-state index contributed by atoms with van der Waals surface area (Å²) in [6.07, 6.45) is 0. The maximum atomic E-state index is 13.4. The van der Waals surface area contributed by atoms with Gasteiger partial charge in [-0.2, -0.15) is 0 Å². The van der Waals surface area contributed by atoms with E-state index in [4.69, 9.17) is 9.47 Å². The molecule has 1 N–H and O–H groups in total. The van der Waals surface area contributed by atoms with Gasteiger partial charge in [0.1, 0.15) is 5.75 Å². The van der Waals surface area contributed by atoms with Crippen molar-refractivity contribution in [1.82, 2.24) is 4.90 Å². The molecule has 1 aliphatic heterocycles. The summed E-state index contributed by atoms with van der Waals surface area (Å²) >= 11 is 0. The fourth-order valence-electron chi connectivity index (χ4n) is 3.58. The van der Waals surface area contributed by atoms with E-state index in [0.717, 1.165) is 16.7 Å². The van der Waals surface area contributed by atoms with Crippen molar-refractivity contribution in [1.29, 1.82) is 0 Å². The second-order valence-corrected chi connectivity index (χ2v) is 7.08. The predicted molar refractivity (Wildman–Crippen MR) is 109 cm³/mol. The molecule has 0 saturated carbocycles. The van der Waals surface area contributed by atoms with Crippen LogP contribution < -0.4 is 4.74 Å². The van der Waals surface area contributed by atoms with Gasteiger partial charge in [0.25, 0.3) is 5.91 Å². The van der Waals surface area contributed by atoms with Gasteiger partial charge in [-0.15, -0.1) is 0 Å². The van der Waals surface area contributed by atoms with E-state index in [-0.39, 0.29) is 17.9 Å². The van der Waals surface area contributed by atoms with Crippen molar-refractivity contribution in [3.8, 4) is 5.75 Å². The lowest BCUT2D eigenvalue weighted by Gasteiger charge is -2.26. The number of amides is 1. The van der Waals surface area contributed by atoms with Gasteiger partial charge in [0.15, 0.2) is 11.5 Å². The van der Waals surface area contributed by atoms with E-state index in [9.17, 15) is 14.7 Å². The van der Waals surface area contributed by atoms with Crippen molar-refractivity contribution in [2.45, 2.75) is 19.9 Å². The minimum absolute atomic E-state index is 0.0829. The molecule has 0 radical (unpaired) electrons. The molecule has 0 aliphatic carbocycles. The Kier molecular flexibility index (Phi) is 6.03. The fraction of sp³-hybridized carbons (Fsp3) is 0.304. The molecule has 2 aromatic carbocycles. The Morgan fingerprint density at radius 1 is 1.10 bits per heavy atom. The molecule has 6 nitrogen and oxygen atoms in total. The number of methoxy groups -OCH3 is 2. The molecule has 1 amide bonds. The maximum absolute atomic E-state index is 13.4. The monoisotopic (exact) mass is 395 g/mol. The van der Waals surface area contributed by atoms with Crippen molar-refractivity contribution in [3.05, 3.63) is 76.1 Å². The first-order valence-corrected chi connectivity index (χ1v) is 9.38. The van der Waals surface area contributed by atoms with Crippen LogP contribution in [-0.2, 0) is 9.53 Å².